The molecule has 0 unspecified atom stereocenters. The number of aromatic amines is 1. The van der Waals surface area contributed by atoms with E-state index >= 15 is 0 Å². The maximum Gasteiger partial charge on any atom is 0.342 e. The SMILES string of the molecule is Cc1ccc(COc2ccc(Br)cc2/C=C(\Sc2n[nH]c(-c3ccc(Cl)cc3)n2)C(=O)O)cc1. The van der Waals surface area contributed by atoms with Crippen molar-refractivity contribution in [2.75, 3.05) is 0 Å². The molecular formula is C25H19BrClN3O3S. The van der Waals surface area contributed by atoms with Crippen LogP contribution in [0.4, 0.5) is 0 Å². The number of aliphatic carboxylic acids is 1. The summed E-state index contributed by atoms with van der Waals surface area (Å²) in [6.45, 7) is 2.39. The van der Waals surface area contributed by atoms with E-state index in [9.17, 15) is 9.90 Å². The molecule has 6 nitrogen and oxygen atoms in total. The highest BCUT2D eigenvalue weighted by atomic mass is 79.9. The summed E-state index contributed by atoms with van der Waals surface area (Å²) >= 11 is 10.3. The number of benzene rings is 3. The van der Waals surface area contributed by atoms with Gasteiger partial charge in [-0.3, -0.25) is 5.10 Å². The first-order valence-corrected chi connectivity index (χ1v) is 12.2. The van der Waals surface area contributed by atoms with Crippen molar-refractivity contribution in [3.63, 3.8) is 0 Å². The molecule has 3 aromatic carbocycles. The van der Waals surface area contributed by atoms with Crippen molar-refractivity contribution in [1.82, 2.24) is 15.2 Å². The summed E-state index contributed by atoms with van der Waals surface area (Å²) in [6, 6.07) is 20.6. The number of aryl methyl sites for hydroxylation is 1. The molecule has 0 aliphatic carbocycles. The van der Waals surface area contributed by atoms with Gasteiger partial charge < -0.3 is 9.84 Å². The normalized spacial score (nSPS) is 11.4. The van der Waals surface area contributed by atoms with Gasteiger partial charge in [0.15, 0.2) is 5.82 Å². The number of rotatable bonds is 8. The Kier molecular flexibility index (Phi) is 7.72. The first-order chi connectivity index (χ1) is 16.4. The summed E-state index contributed by atoms with van der Waals surface area (Å²) in [5.74, 6) is 0.000694. The molecule has 0 radical (unpaired) electrons. The van der Waals surface area contributed by atoms with Crippen LogP contribution in [-0.2, 0) is 11.4 Å². The number of carboxylic acids is 1. The molecule has 4 aromatic rings. The molecule has 34 heavy (non-hydrogen) atoms. The van der Waals surface area contributed by atoms with Crippen LogP contribution in [0.25, 0.3) is 17.5 Å². The monoisotopic (exact) mass is 555 g/mol. The zero-order chi connectivity index (χ0) is 24.1. The molecule has 1 heterocycles. The van der Waals surface area contributed by atoms with Crippen molar-refractivity contribution in [2.45, 2.75) is 18.7 Å². The Balaban J connectivity index is 1.56. The summed E-state index contributed by atoms with van der Waals surface area (Å²) in [6.07, 6.45) is 1.56. The van der Waals surface area contributed by atoms with Gasteiger partial charge in [-0.05, 0) is 72.8 Å². The van der Waals surface area contributed by atoms with E-state index in [0.29, 0.717) is 28.8 Å². The predicted molar refractivity (Wildman–Crippen MR) is 138 cm³/mol. The predicted octanol–water partition coefficient (Wildman–Crippen LogP) is 6.99. The van der Waals surface area contributed by atoms with Crippen molar-refractivity contribution in [3.8, 4) is 17.1 Å². The van der Waals surface area contributed by atoms with E-state index < -0.39 is 5.97 Å². The second kappa shape index (κ2) is 10.9. The molecule has 1 aromatic heterocycles. The first kappa shape index (κ1) is 24.1. The number of ether oxygens (including phenoxy) is 1. The number of nitrogens with one attached hydrogen (secondary N) is 1. The third-order valence-corrected chi connectivity index (χ3v) is 6.39. The summed E-state index contributed by atoms with van der Waals surface area (Å²) < 4.78 is 6.81. The Hall–Kier alpha value is -3.07. The fourth-order valence-electron chi connectivity index (χ4n) is 3.01. The molecule has 4 rings (SSSR count). The lowest BCUT2D eigenvalue weighted by Gasteiger charge is -2.11. The van der Waals surface area contributed by atoms with Crippen LogP contribution in [0.1, 0.15) is 16.7 Å². The molecule has 0 spiro atoms. The number of H-pyrrole nitrogens is 1. The van der Waals surface area contributed by atoms with Gasteiger partial charge in [0.2, 0.25) is 5.16 Å². The Labute approximate surface area is 214 Å². The van der Waals surface area contributed by atoms with Crippen LogP contribution in [0.5, 0.6) is 5.75 Å². The number of aromatic nitrogens is 3. The fraction of sp³-hybridized carbons (Fsp3) is 0.0800. The lowest BCUT2D eigenvalue weighted by molar-refractivity contribution is -0.131. The Morgan fingerprint density at radius 3 is 2.59 bits per heavy atom. The minimum Gasteiger partial charge on any atom is -0.488 e. The highest BCUT2D eigenvalue weighted by Crippen LogP contribution is 2.32. The first-order valence-electron chi connectivity index (χ1n) is 10.2. The summed E-state index contributed by atoms with van der Waals surface area (Å²) in [7, 11) is 0. The largest absolute Gasteiger partial charge is 0.488 e. The van der Waals surface area contributed by atoms with Crippen LogP contribution < -0.4 is 4.74 Å². The third kappa shape index (κ3) is 6.28. The number of halogens is 2. The molecule has 2 N–H and O–H groups in total. The Bertz CT molecular complexity index is 1340. The standard InChI is InChI=1S/C25H19BrClN3O3S/c1-15-2-4-16(5-3-15)14-33-21-11-8-19(26)12-18(21)13-22(24(31)32)34-25-28-23(29-30-25)17-6-9-20(27)10-7-17/h2-13H,14H2,1H3,(H,31,32)(H,28,29,30)/b22-13-. The van der Waals surface area contributed by atoms with Crippen molar-refractivity contribution < 1.29 is 14.6 Å². The van der Waals surface area contributed by atoms with E-state index in [1.165, 1.54) is 5.56 Å². The van der Waals surface area contributed by atoms with Crippen LogP contribution in [0.2, 0.25) is 5.02 Å². The maximum absolute atomic E-state index is 12.0. The van der Waals surface area contributed by atoms with Crippen molar-refractivity contribution >= 4 is 51.3 Å². The van der Waals surface area contributed by atoms with Crippen LogP contribution in [0.15, 0.2) is 81.3 Å². The minimum atomic E-state index is -1.09. The van der Waals surface area contributed by atoms with Gasteiger partial charge in [0.05, 0.1) is 0 Å². The Morgan fingerprint density at radius 1 is 1.15 bits per heavy atom. The molecule has 0 bridgehead atoms. The average Bonchev–Trinajstić information content (AvgIpc) is 3.28. The lowest BCUT2D eigenvalue weighted by Crippen LogP contribution is -2.00. The molecular weight excluding hydrogens is 538 g/mol. The average molecular weight is 557 g/mol. The van der Waals surface area contributed by atoms with E-state index in [1.807, 2.05) is 55.5 Å². The maximum atomic E-state index is 12.0. The second-order valence-electron chi connectivity index (χ2n) is 7.35. The zero-order valence-electron chi connectivity index (χ0n) is 18.0. The van der Waals surface area contributed by atoms with Crippen LogP contribution in [0.3, 0.4) is 0 Å². The molecule has 0 aliphatic rings. The molecule has 0 atom stereocenters. The highest BCUT2D eigenvalue weighted by Gasteiger charge is 2.16. The quantitative estimate of drug-likeness (QED) is 0.180. The molecule has 9 heteroatoms. The van der Waals surface area contributed by atoms with Gasteiger partial charge >= 0.3 is 5.97 Å². The van der Waals surface area contributed by atoms with Crippen molar-refractivity contribution in [2.24, 2.45) is 0 Å². The Morgan fingerprint density at radius 2 is 1.88 bits per heavy atom. The van der Waals surface area contributed by atoms with E-state index in [4.69, 9.17) is 16.3 Å². The summed E-state index contributed by atoms with van der Waals surface area (Å²) in [5.41, 5.74) is 3.61. The van der Waals surface area contributed by atoms with Gasteiger partial charge in [-0.1, -0.05) is 57.4 Å². The summed E-state index contributed by atoms with van der Waals surface area (Å²) in [5, 5.41) is 17.7. The van der Waals surface area contributed by atoms with Gasteiger partial charge in [0, 0.05) is 20.6 Å². The van der Waals surface area contributed by atoms with Gasteiger partial charge in [-0.2, -0.15) is 0 Å². The molecule has 0 aliphatic heterocycles. The molecule has 172 valence electrons. The van der Waals surface area contributed by atoms with Crippen LogP contribution in [-0.4, -0.2) is 26.3 Å². The van der Waals surface area contributed by atoms with E-state index in [1.54, 1.807) is 24.3 Å². The van der Waals surface area contributed by atoms with E-state index in [2.05, 4.69) is 31.1 Å². The smallest absolute Gasteiger partial charge is 0.342 e. The molecule has 0 amide bonds. The topological polar surface area (TPSA) is 88.1 Å². The van der Waals surface area contributed by atoms with Crippen molar-refractivity contribution in [3.05, 3.63) is 97.8 Å². The van der Waals surface area contributed by atoms with Crippen LogP contribution >= 0.6 is 39.3 Å². The lowest BCUT2D eigenvalue weighted by atomic mass is 10.1. The van der Waals surface area contributed by atoms with Crippen LogP contribution in [0, 0.1) is 6.92 Å². The minimum absolute atomic E-state index is 0.0555. The zero-order valence-corrected chi connectivity index (χ0v) is 21.1. The van der Waals surface area contributed by atoms with E-state index in [-0.39, 0.29) is 10.1 Å². The number of carbonyl (C=O) groups is 1. The molecule has 0 fully saturated rings. The summed E-state index contributed by atoms with van der Waals surface area (Å²) in [4.78, 5) is 16.5. The number of hydrogen-bond acceptors (Lipinski definition) is 5. The fourth-order valence-corrected chi connectivity index (χ4v) is 4.22. The van der Waals surface area contributed by atoms with Gasteiger partial charge in [-0.25, -0.2) is 9.78 Å². The van der Waals surface area contributed by atoms with E-state index in [0.717, 1.165) is 27.4 Å². The number of nitrogens with zero attached hydrogens (tertiary/aromatic N) is 2. The third-order valence-electron chi connectivity index (χ3n) is 4.77. The van der Waals surface area contributed by atoms with Gasteiger partial charge in [0.25, 0.3) is 0 Å². The molecule has 0 saturated carbocycles. The van der Waals surface area contributed by atoms with Gasteiger partial charge in [-0.15, -0.1) is 5.10 Å². The number of hydrogen-bond donors (Lipinski definition) is 2. The number of thioether (sulfide) groups is 1. The second-order valence-corrected chi connectivity index (χ2v) is 9.71. The van der Waals surface area contributed by atoms with Crippen molar-refractivity contribution in [1.29, 1.82) is 0 Å². The van der Waals surface area contributed by atoms with Gasteiger partial charge in [0.1, 0.15) is 17.3 Å². The molecule has 0 saturated heterocycles. The number of carboxylic acid groups (broad SMARTS) is 1. The highest BCUT2D eigenvalue weighted by molar-refractivity contribution is 9.10.